The molecule has 1 aromatic carbocycles. The lowest BCUT2D eigenvalue weighted by molar-refractivity contribution is -0.123. The minimum atomic E-state index is -0.0682. The zero-order chi connectivity index (χ0) is 16.5. The first-order valence-corrected chi connectivity index (χ1v) is 8.62. The first-order valence-electron chi connectivity index (χ1n) is 8.25. The third-order valence-electron chi connectivity index (χ3n) is 4.68. The summed E-state index contributed by atoms with van der Waals surface area (Å²) in [5.41, 5.74) is 0.820. The number of carbonyl (C=O) groups excluding carboxylic acids is 1. The number of carbonyl (C=O) groups is 1. The maximum Gasteiger partial charge on any atom is 0.243 e. The molecular formula is C16H19ClN6O. The second-order valence-electron chi connectivity index (χ2n) is 6.52. The zero-order valence-electron chi connectivity index (χ0n) is 13.2. The molecule has 2 N–H and O–H groups in total. The Morgan fingerprint density at radius 2 is 1.96 bits per heavy atom. The molecule has 0 spiro atoms. The van der Waals surface area contributed by atoms with Gasteiger partial charge in [0.25, 0.3) is 0 Å². The molecule has 2 bridgehead atoms. The second kappa shape index (κ2) is 6.49. The Morgan fingerprint density at radius 1 is 1.25 bits per heavy atom. The lowest BCUT2D eigenvalue weighted by Crippen LogP contribution is -2.48. The summed E-state index contributed by atoms with van der Waals surface area (Å²) in [6, 6.07) is 8.55. The number of hydrogen-bond donors (Lipinski definition) is 2. The van der Waals surface area contributed by atoms with E-state index in [1.165, 1.54) is 17.6 Å². The fraction of sp³-hybridized carbons (Fsp3) is 0.500. The minimum absolute atomic E-state index is 0.0682. The molecule has 24 heavy (non-hydrogen) atoms. The molecule has 4 rings (SSSR count). The van der Waals surface area contributed by atoms with Crippen LogP contribution >= 0.6 is 11.6 Å². The number of fused-ring (bicyclic) bond motifs is 2. The summed E-state index contributed by atoms with van der Waals surface area (Å²) in [4.78, 5) is 13.6. The number of piperidine rings is 1. The van der Waals surface area contributed by atoms with Gasteiger partial charge in [0.15, 0.2) is 0 Å². The molecule has 7 nitrogen and oxygen atoms in total. The van der Waals surface area contributed by atoms with Gasteiger partial charge < -0.3 is 10.6 Å². The highest BCUT2D eigenvalue weighted by Gasteiger charge is 2.33. The van der Waals surface area contributed by atoms with Crippen molar-refractivity contribution in [2.24, 2.45) is 0 Å². The molecule has 1 aromatic heterocycles. The fourth-order valence-corrected chi connectivity index (χ4v) is 3.73. The predicted molar refractivity (Wildman–Crippen MR) is 89.4 cm³/mol. The van der Waals surface area contributed by atoms with Crippen LogP contribution < -0.4 is 10.6 Å². The highest BCUT2D eigenvalue weighted by Crippen LogP contribution is 2.26. The summed E-state index contributed by atoms with van der Waals surface area (Å²) in [6.07, 6.45) is 4.43. The molecule has 2 aliphatic heterocycles. The third-order valence-corrected chi connectivity index (χ3v) is 4.93. The third kappa shape index (κ3) is 3.42. The lowest BCUT2D eigenvalue weighted by Gasteiger charge is -2.29. The van der Waals surface area contributed by atoms with E-state index >= 15 is 0 Å². The summed E-state index contributed by atoms with van der Waals surface area (Å²) >= 11 is 5.87. The summed E-state index contributed by atoms with van der Waals surface area (Å²) < 4.78 is 0. The van der Waals surface area contributed by atoms with Crippen molar-refractivity contribution in [1.29, 1.82) is 0 Å². The molecule has 0 saturated carbocycles. The van der Waals surface area contributed by atoms with Gasteiger partial charge >= 0.3 is 0 Å². The van der Waals surface area contributed by atoms with Crippen molar-refractivity contribution in [2.45, 2.75) is 50.4 Å². The highest BCUT2D eigenvalue weighted by molar-refractivity contribution is 6.30. The van der Waals surface area contributed by atoms with Crippen LogP contribution in [0, 0.1) is 0 Å². The van der Waals surface area contributed by atoms with Crippen LogP contribution in [0.15, 0.2) is 24.3 Å². The van der Waals surface area contributed by atoms with Crippen LogP contribution in [0.3, 0.4) is 0 Å². The first-order chi connectivity index (χ1) is 11.7. The van der Waals surface area contributed by atoms with Crippen molar-refractivity contribution in [2.75, 3.05) is 0 Å². The van der Waals surface area contributed by atoms with Crippen LogP contribution in [0.5, 0.6) is 0 Å². The second-order valence-corrected chi connectivity index (χ2v) is 6.96. The maximum atomic E-state index is 12.2. The van der Waals surface area contributed by atoms with E-state index in [-0.39, 0.29) is 18.5 Å². The van der Waals surface area contributed by atoms with Crippen molar-refractivity contribution in [3.05, 3.63) is 29.3 Å². The Labute approximate surface area is 144 Å². The van der Waals surface area contributed by atoms with Crippen LogP contribution in [0.4, 0.5) is 0 Å². The van der Waals surface area contributed by atoms with Gasteiger partial charge in [0.05, 0.1) is 0 Å². The molecule has 0 aliphatic carbocycles. The number of amides is 1. The number of rotatable bonds is 4. The van der Waals surface area contributed by atoms with E-state index in [0.717, 1.165) is 18.4 Å². The highest BCUT2D eigenvalue weighted by atomic mass is 35.5. The Balaban J connectivity index is 1.35. The molecule has 2 aromatic rings. The Morgan fingerprint density at radius 3 is 2.67 bits per heavy atom. The maximum absolute atomic E-state index is 12.2. The number of tetrazole rings is 1. The quantitative estimate of drug-likeness (QED) is 0.874. The van der Waals surface area contributed by atoms with Crippen LogP contribution in [-0.4, -0.2) is 44.2 Å². The van der Waals surface area contributed by atoms with E-state index in [9.17, 15) is 4.79 Å². The molecule has 2 atom stereocenters. The number of benzene rings is 1. The standard InChI is InChI=1S/C16H19ClN6O/c17-11-3-1-10(2-4-11)16-20-22-23(21-16)9-15(24)19-14-7-12-5-6-13(8-14)18-12/h1-4,12-14,18H,5-9H2,(H,19,24). The van der Waals surface area contributed by atoms with E-state index in [1.54, 1.807) is 12.1 Å². The van der Waals surface area contributed by atoms with Gasteiger partial charge in [-0.2, -0.15) is 4.80 Å². The van der Waals surface area contributed by atoms with Gasteiger partial charge in [-0.05, 0) is 55.2 Å². The molecule has 2 saturated heterocycles. The largest absolute Gasteiger partial charge is 0.352 e. The molecule has 2 unspecified atom stereocenters. The van der Waals surface area contributed by atoms with E-state index in [0.29, 0.717) is 22.9 Å². The Hall–Kier alpha value is -1.99. The van der Waals surface area contributed by atoms with Gasteiger partial charge in [-0.15, -0.1) is 10.2 Å². The molecular weight excluding hydrogens is 328 g/mol. The predicted octanol–water partition coefficient (Wildman–Crippen LogP) is 1.39. The molecule has 2 aliphatic rings. The van der Waals surface area contributed by atoms with Gasteiger partial charge in [-0.1, -0.05) is 11.6 Å². The van der Waals surface area contributed by atoms with Crippen molar-refractivity contribution in [3.8, 4) is 11.4 Å². The van der Waals surface area contributed by atoms with Crippen LogP contribution in [0.2, 0.25) is 5.02 Å². The van der Waals surface area contributed by atoms with Gasteiger partial charge in [0.1, 0.15) is 6.54 Å². The molecule has 2 fully saturated rings. The lowest BCUT2D eigenvalue weighted by atomic mass is 10.00. The Bertz CT molecular complexity index is 718. The zero-order valence-corrected chi connectivity index (χ0v) is 13.9. The number of nitrogens with zero attached hydrogens (tertiary/aromatic N) is 4. The van der Waals surface area contributed by atoms with E-state index in [4.69, 9.17) is 11.6 Å². The average molecular weight is 347 g/mol. The van der Waals surface area contributed by atoms with Crippen molar-refractivity contribution in [3.63, 3.8) is 0 Å². The van der Waals surface area contributed by atoms with Gasteiger partial charge in [-0.3, -0.25) is 4.79 Å². The smallest absolute Gasteiger partial charge is 0.243 e. The average Bonchev–Trinajstić information content (AvgIpc) is 3.14. The molecule has 0 radical (unpaired) electrons. The number of aromatic nitrogens is 4. The molecule has 3 heterocycles. The monoisotopic (exact) mass is 346 g/mol. The number of nitrogens with one attached hydrogen (secondary N) is 2. The van der Waals surface area contributed by atoms with Gasteiger partial charge in [-0.25, -0.2) is 0 Å². The van der Waals surface area contributed by atoms with Crippen LogP contribution in [0.25, 0.3) is 11.4 Å². The summed E-state index contributed by atoms with van der Waals surface area (Å²) in [6.45, 7) is 0.0832. The SMILES string of the molecule is O=C(Cn1nnc(-c2ccc(Cl)cc2)n1)NC1CC2CCC(C1)N2. The van der Waals surface area contributed by atoms with Crippen molar-refractivity contribution in [1.82, 2.24) is 30.8 Å². The number of halogens is 1. The van der Waals surface area contributed by atoms with Gasteiger partial charge in [0.2, 0.25) is 11.7 Å². The normalized spacial score (nSPS) is 25.6. The van der Waals surface area contributed by atoms with E-state index in [2.05, 4.69) is 26.0 Å². The topological polar surface area (TPSA) is 84.7 Å². The van der Waals surface area contributed by atoms with Crippen LogP contribution in [-0.2, 0) is 11.3 Å². The van der Waals surface area contributed by atoms with Gasteiger partial charge in [0, 0.05) is 28.7 Å². The summed E-state index contributed by atoms with van der Waals surface area (Å²) in [5, 5.41) is 19.5. The summed E-state index contributed by atoms with van der Waals surface area (Å²) in [7, 11) is 0. The van der Waals surface area contributed by atoms with Crippen LogP contribution in [0.1, 0.15) is 25.7 Å². The fourth-order valence-electron chi connectivity index (χ4n) is 3.60. The first kappa shape index (κ1) is 15.5. The molecule has 126 valence electrons. The van der Waals surface area contributed by atoms with Crippen molar-refractivity contribution >= 4 is 17.5 Å². The summed E-state index contributed by atoms with van der Waals surface area (Å²) in [5.74, 6) is 0.417. The van der Waals surface area contributed by atoms with E-state index in [1.807, 2.05) is 12.1 Å². The molecule has 8 heteroatoms. The van der Waals surface area contributed by atoms with E-state index < -0.39 is 0 Å². The minimum Gasteiger partial charge on any atom is -0.352 e. The van der Waals surface area contributed by atoms with Crippen molar-refractivity contribution < 1.29 is 4.79 Å². The number of hydrogen-bond acceptors (Lipinski definition) is 5. The molecule has 1 amide bonds. The Kier molecular flexibility index (Phi) is 4.20.